The molecule has 0 bridgehead atoms. The molecule has 0 amide bonds. The fourth-order valence-electron chi connectivity index (χ4n) is 2.73. The van der Waals surface area contributed by atoms with Crippen LogP contribution in [0.2, 0.25) is 5.02 Å². The van der Waals surface area contributed by atoms with Crippen LogP contribution in [0.25, 0.3) is 0 Å². The summed E-state index contributed by atoms with van der Waals surface area (Å²) in [4.78, 5) is 2.32. The molecular formula is C14H20ClFN2. The Morgan fingerprint density at radius 3 is 2.89 bits per heavy atom. The van der Waals surface area contributed by atoms with Gasteiger partial charge in [0.2, 0.25) is 0 Å². The molecule has 2 atom stereocenters. The number of hydrogen-bond acceptors (Lipinski definition) is 2. The summed E-state index contributed by atoms with van der Waals surface area (Å²) in [7, 11) is 0. The maximum atomic E-state index is 13.8. The van der Waals surface area contributed by atoms with Crippen LogP contribution in [0.15, 0.2) is 18.2 Å². The summed E-state index contributed by atoms with van der Waals surface area (Å²) in [5.74, 6) is -0.226. The monoisotopic (exact) mass is 270 g/mol. The van der Waals surface area contributed by atoms with Crippen molar-refractivity contribution >= 4 is 11.6 Å². The van der Waals surface area contributed by atoms with Crippen molar-refractivity contribution in [2.45, 2.75) is 44.8 Å². The van der Waals surface area contributed by atoms with Gasteiger partial charge in [-0.2, -0.15) is 0 Å². The lowest BCUT2D eigenvalue weighted by atomic mass is 9.95. The Hall–Kier alpha value is -0.640. The third kappa shape index (κ3) is 3.02. The average Bonchev–Trinajstić information content (AvgIpc) is 2.34. The second kappa shape index (κ2) is 6.00. The number of rotatable bonds is 3. The maximum Gasteiger partial charge on any atom is 0.129 e. The van der Waals surface area contributed by atoms with E-state index in [0.29, 0.717) is 35.8 Å². The first-order valence-corrected chi connectivity index (χ1v) is 6.89. The number of halogens is 2. The summed E-state index contributed by atoms with van der Waals surface area (Å²) in [5.41, 5.74) is 6.52. The summed E-state index contributed by atoms with van der Waals surface area (Å²) in [6, 6.07) is 5.72. The van der Waals surface area contributed by atoms with Crippen LogP contribution >= 0.6 is 11.6 Å². The fraction of sp³-hybridized carbons (Fsp3) is 0.571. The molecule has 1 aromatic carbocycles. The molecule has 1 aromatic rings. The molecule has 0 saturated carbocycles. The molecule has 4 heteroatoms. The Morgan fingerprint density at radius 1 is 1.44 bits per heavy atom. The van der Waals surface area contributed by atoms with E-state index in [0.717, 1.165) is 12.8 Å². The zero-order valence-corrected chi connectivity index (χ0v) is 11.5. The molecule has 2 unspecified atom stereocenters. The van der Waals surface area contributed by atoms with Gasteiger partial charge < -0.3 is 5.73 Å². The zero-order valence-electron chi connectivity index (χ0n) is 10.7. The molecule has 1 saturated heterocycles. The predicted molar refractivity (Wildman–Crippen MR) is 73.1 cm³/mol. The summed E-state index contributed by atoms with van der Waals surface area (Å²) in [5, 5.41) is 0.443. The van der Waals surface area contributed by atoms with Gasteiger partial charge >= 0.3 is 0 Å². The molecule has 1 fully saturated rings. The normalized spacial score (nSPS) is 25.3. The molecule has 1 heterocycles. The predicted octanol–water partition coefficient (Wildman–Crippen LogP) is 3.18. The van der Waals surface area contributed by atoms with E-state index in [1.165, 1.54) is 12.5 Å². The van der Waals surface area contributed by atoms with Crippen LogP contribution in [0.4, 0.5) is 4.39 Å². The number of nitrogens with two attached hydrogens (primary N) is 1. The highest BCUT2D eigenvalue weighted by molar-refractivity contribution is 6.30. The Kier molecular flexibility index (Phi) is 4.60. The molecule has 2 nitrogen and oxygen atoms in total. The summed E-state index contributed by atoms with van der Waals surface area (Å²) >= 11 is 5.77. The first-order valence-electron chi connectivity index (χ1n) is 6.51. The lowest BCUT2D eigenvalue weighted by Gasteiger charge is -2.40. The molecule has 1 aliphatic rings. The van der Waals surface area contributed by atoms with E-state index < -0.39 is 0 Å². The quantitative estimate of drug-likeness (QED) is 0.914. The van der Waals surface area contributed by atoms with Gasteiger partial charge in [-0.1, -0.05) is 24.1 Å². The molecule has 1 aliphatic heterocycles. The number of nitrogens with zero attached hydrogens (tertiary/aromatic N) is 1. The van der Waals surface area contributed by atoms with E-state index in [4.69, 9.17) is 17.3 Å². The minimum absolute atomic E-state index is 0.226. The Balaban J connectivity index is 2.15. The van der Waals surface area contributed by atoms with Crippen molar-refractivity contribution in [2.75, 3.05) is 6.54 Å². The lowest BCUT2D eigenvalue weighted by Crippen LogP contribution is -2.48. The summed E-state index contributed by atoms with van der Waals surface area (Å²) in [6.07, 6.45) is 3.48. The van der Waals surface area contributed by atoms with Crippen LogP contribution in [0.5, 0.6) is 0 Å². The van der Waals surface area contributed by atoms with Crippen molar-refractivity contribution in [2.24, 2.45) is 5.73 Å². The number of piperidine rings is 1. The third-order valence-corrected chi connectivity index (χ3v) is 4.07. The highest BCUT2D eigenvalue weighted by Gasteiger charge is 2.27. The maximum absolute atomic E-state index is 13.8. The largest absolute Gasteiger partial charge is 0.329 e. The Morgan fingerprint density at radius 2 is 2.22 bits per heavy atom. The zero-order chi connectivity index (χ0) is 13.1. The summed E-state index contributed by atoms with van der Waals surface area (Å²) < 4.78 is 13.8. The molecule has 0 radical (unpaired) electrons. The van der Waals surface area contributed by atoms with Gasteiger partial charge in [-0.25, -0.2) is 4.39 Å². The fourth-order valence-corrected chi connectivity index (χ4v) is 2.88. The SMILES string of the molecule is CC1CCCC(CN)N1Cc1ccc(Cl)cc1F. The highest BCUT2D eigenvalue weighted by Crippen LogP contribution is 2.25. The lowest BCUT2D eigenvalue weighted by molar-refractivity contribution is 0.0880. The number of likely N-dealkylation sites (tertiary alicyclic amines) is 1. The van der Waals surface area contributed by atoms with E-state index >= 15 is 0 Å². The van der Waals surface area contributed by atoms with E-state index in [1.807, 2.05) is 0 Å². The minimum atomic E-state index is -0.226. The standard InChI is InChI=1S/C14H20ClFN2/c1-10-3-2-4-13(8-17)18(10)9-11-5-6-12(15)7-14(11)16/h5-7,10,13H,2-4,8-9,17H2,1H3. The van der Waals surface area contributed by atoms with Crippen LogP contribution in [0, 0.1) is 5.82 Å². The van der Waals surface area contributed by atoms with Crippen LogP contribution in [0.3, 0.4) is 0 Å². The molecule has 2 N–H and O–H groups in total. The minimum Gasteiger partial charge on any atom is -0.329 e. The first-order chi connectivity index (χ1) is 8.61. The highest BCUT2D eigenvalue weighted by atomic mass is 35.5. The number of hydrogen-bond donors (Lipinski definition) is 1. The van der Waals surface area contributed by atoms with E-state index in [2.05, 4.69) is 11.8 Å². The second-order valence-electron chi connectivity index (χ2n) is 5.08. The van der Waals surface area contributed by atoms with Gasteiger partial charge in [-0.15, -0.1) is 0 Å². The molecule has 2 rings (SSSR count). The number of benzene rings is 1. The van der Waals surface area contributed by atoms with Gasteiger partial charge in [-0.05, 0) is 31.9 Å². The molecule has 0 aromatic heterocycles. The van der Waals surface area contributed by atoms with Crippen molar-refractivity contribution in [3.05, 3.63) is 34.6 Å². The van der Waals surface area contributed by atoms with Crippen LogP contribution in [-0.4, -0.2) is 23.5 Å². The first kappa shape index (κ1) is 13.8. The van der Waals surface area contributed by atoms with Gasteiger partial charge in [0.1, 0.15) is 5.82 Å². The average molecular weight is 271 g/mol. The smallest absolute Gasteiger partial charge is 0.129 e. The van der Waals surface area contributed by atoms with Crippen molar-refractivity contribution in [3.8, 4) is 0 Å². The summed E-state index contributed by atoms with van der Waals surface area (Å²) in [6.45, 7) is 3.45. The van der Waals surface area contributed by atoms with E-state index in [9.17, 15) is 4.39 Å². The van der Waals surface area contributed by atoms with Gasteiger partial charge in [0.05, 0.1) is 0 Å². The van der Waals surface area contributed by atoms with Crippen LogP contribution < -0.4 is 5.73 Å². The van der Waals surface area contributed by atoms with Gasteiger partial charge in [0.15, 0.2) is 0 Å². The van der Waals surface area contributed by atoms with Gasteiger partial charge in [-0.3, -0.25) is 4.90 Å². The van der Waals surface area contributed by atoms with Crippen molar-refractivity contribution in [3.63, 3.8) is 0 Å². The Bertz CT molecular complexity index is 411. The van der Waals surface area contributed by atoms with Gasteiger partial charge in [0, 0.05) is 35.8 Å². The van der Waals surface area contributed by atoms with E-state index in [1.54, 1.807) is 12.1 Å². The molecule has 0 spiro atoms. The molecular weight excluding hydrogens is 251 g/mol. The second-order valence-corrected chi connectivity index (χ2v) is 5.51. The molecule has 100 valence electrons. The van der Waals surface area contributed by atoms with Crippen molar-refractivity contribution in [1.82, 2.24) is 4.90 Å². The molecule has 18 heavy (non-hydrogen) atoms. The van der Waals surface area contributed by atoms with Crippen molar-refractivity contribution < 1.29 is 4.39 Å². The topological polar surface area (TPSA) is 29.3 Å². The van der Waals surface area contributed by atoms with Crippen LogP contribution in [0.1, 0.15) is 31.7 Å². The van der Waals surface area contributed by atoms with Crippen LogP contribution in [-0.2, 0) is 6.54 Å². The Labute approximate surface area is 113 Å². The van der Waals surface area contributed by atoms with E-state index in [-0.39, 0.29) is 5.82 Å². The van der Waals surface area contributed by atoms with Gasteiger partial charge in [0.25, 0.3) is 0 Å². The van der Waals surface area contributed by atoms with Crippen molar-refractivity contribution in [1.29, 1.82) is 0 Å². The molecule has 0 aliphatic carbocycles. The third-order valence-electron chi connectivity index (χ3n) is 3.83.